The Kier molecular flexibility index (Phi) is 7.23. The Bertz CT molecular complexity index is 994. The fourth-order valence-corrected chi connectivity index (χ4v) is 3.71. The van der Waals surface area contributed by atoms with Gasteiger partial charge in [-0.05, 0) is 66.8 Å². The van der Waals surface area contributed by atoms with Crippen LogP contribution in [0, 0.1) is 0 Å². The van der Waals surface area contributed by atoms with Gasteiger partial charge >= 0.3 is 0 Å². The van der Waals surface area contributed by atoms with E-state index >= 15 is 0 Å². The largest absolute Gasteiger partial charge is 0.493 e. The van der Waals surface area contributed by atoms with Crippen LogP contribution in [0.1, 0.15) is 30.4 Å². The third-order valence-corrected chi connectivity index (χ3v) is 5.25. The molecule has 6 heteroatoms. The summed E-state index contributed by atoms with van der Waals surface area (Å²) >= 11 is 0. The van der Waals surface area contributed by atoms with Gasteiger partial charge in [-0.1, -0.05) is 6.07 Å². The van der Waals surface area contributed by atoms with Crippen molar-refractivity contribution < 1.29 is 28.5 Å². The lowest BCUT2D eigenvalue weighted by Gasteiger charge is -2.18. The van der Waals surface area contributed by atoms with E-state index in [2.05, 4.69) is 0 Å². The Hall–Kier alpha value is -3.41. The van der Waals surface area contributed by atoms with E-state index in [9.17, 15) is 4.79 Å². The number of methoxy groups -OCH3 is 5. The van der Waals surface area contributed by atoms with Gasteiger partial charge in [0.2, 0.25) is 5.75 Å². The van der Waals surface area contributed by atoms with Crippen molar-refractivity contribution in [2.75, 3.05) is 35.5 Å². The number of hydrogen-bond acceptors (Lipinski definition) is 6. The molecule has 0 amide bonds. The lowest BCUT2D eigenvalue weighted by Crippen LogP contribution is -2.12. The maximum absolute atomic E-state index is 13.2. The minimum absolute atomic E-state index is 0.0507. The van der Waals surface area contributed by atoms with Crippen molar-refractivity contribution >= 4 is 17.9 Å². The summed E-state index contributed by atoms with van der Waals surface area (Å²) in [6.45, 7) is 0. The molecule has 0 aliphatic heterocycles. The first-order chi connectivity index (χ1) is 15.0. The second-order valence-corrected chi connectivity index (χ2v) is 7.09. The first-order valence-corrected chi connectivity index (χ1v) is 10.0. The van der Waals surface area contributed by atoms with Crippen molar-refractivity contribution in [1.82, 2.24) is 0 Å². The van der Waals surface area contributed by atoms with E-state index in [0.717, 1.165) is 41.5 Å². The third kappa shape index (κ3) is 4.85. The van der Waals surface area contributed by atoms with E-state index in [1.165, 1.54) is 0 Å². The highest BCUT2D eigenvalue weighted by Gasteiger charge is 2.21. The summed E-state index contributed by atoms with van der Waals surface area (Å²) < 4.78 is 26.9. The van der Waals surface area contributed by atoms with Gasteiger partial charge in [-0.15, -0.1) is 0 Å². The SMILES string of the molecule is COc1ccc(/C=C2\CCC/C(=C\c3cc(OC)c(OC)c(OC)c3)C2=O)cc1OC. The van der Waals surface area contributed by atoms with Crippen LogP contribution in [0.5, 0.6) is 28.7 Å². The number of ketones is 1. The highest BCUT2D eigenvalue weighted by molar-refractivity contribution is 6.14. The van der Waals surface area contributed by atoms with Gasteiger partial charge in [-0.2, -0.15) is 0 Å². The summed E-state index contributed by atoms with van der Waals surface area (Å²) in [5.41, 5.74) is 3.25. The van der Waals surface area contributed by atoms with Crippen LogP contribution >= 0.6 is 0 Å². The van der Waals surface area contributed by atoms with E-state index in [4.69, 9.17) is 23.7 Å². The van der Waals surface area contributed by atoms with Gasteiger partial charge in [0.05, 0.1) is 35.5 Å². The molecular formula is C25H28O6. The van der Waals surface area contributed by atoms with E-state index in [0.29, 0.717) is 28.7 Å². The Morgan fingerprint density at radius 2 is 1.16 bits per heavy atom. The van der Waals surface area contributed by atoms with Crippen molar-refractivity contribution in [3.8, 4) is 28.7 Å². The normalized spacial score (nSPS) is 16.4. The minimum Gasteiger partial charge on any atom is -0.493 e. The highest BCUT2D eigenvalue weighted by atomic mass is 16.5. The molecule has 3 rings (SSSR count). The third-order valence-electron chi connectivity index (χ3n) is 5.25. The lowest BCUT2D eigenvalue weighted by atomic mass is 9.86. The summed E-state index contributed by atoms with van der Waals surface area (Å²) in [6.07, 6.45) is 6.18. The molecule has 2 aromatic rings. The molecular weight excluding hydrogens is 396 g/mol. The number of ether oxygens (including phenoxy) is 5. The predicted octanol–water partition coefficient (Wildman–Crippen LogP) is 4.95. The molecule has 0 bridgehead atoms. The van der Waals surface area contributed by atoms with Gasteiger partial charge in [-0.25, -0.2) is 0 Å². The Balaban J connectivity index is 1.94. The molecule has 1 fully saturated rings. The van der Waals surface area contributed by atoms with Gasteiger partial charge in [0.25, 0.3) is 0 Å². The maximum atomic E-state index is 13.2. The van der Waals surface area contributed by atoms with Crippen LogP contribution in [0.2, 0.25) is 0 Å². The minimum atomic E-state index is 0.0507. The molecule has 164 valence electrons. The van der Waals surface area contributed by atoms with E-state index < -0.39 is 0 Å². The Morgan fingerprint density at radius 3 is 1.68 bits per heavy atom. The molecule has 6 nitrogen and oxygen atoms in total. The molecule has 1 saturated carbocycles. The van der Waals surface area contributed by atoms with Crippen LogP contribution in [0.15, 0.2) is 41.5 Å². The van der Waals surface area contributed by atoms with E-state index in [-0.39, 0.29) is 5.78 Å². The Morgan fingerprint density at radius 1 is 0.645 bits per heavy atom. The van der Waals surface area contributed by atoms with Gasteiger partial charge in [0.15, 0.2) is 28.8 Å². The topological polar surface area (TPSA) is 63.2 Å². The predicted molar refractivity (Wildman–Crippen MR) is 120 cm³/mol. The van der Waals surface area contributed by atoms with Crippen molar-refractivity contribution in [3.05, 3.63) is 52.6 Å². The van der Waals surface area contributed by atoms with Crippen LogP contribution in [0.3, 0.4) is 0 Å². The second-order valence-electron chi connectivity index (χ2n) is 7.09. The van der Waals surface area contributed by atoms with Gasteiger partial charge in [0, 0.05) is 11.1 Å². The monoisotopic (exact) mass is 424 g/mol. The zero-order chi connectivity index (χ0) is 22.4. The fraction of sp³-hybridized carbons (Fsp3) is 0.320. The molecule has 0 spiro atoms. The maximum Gasteiger partial charge on any atom is 0.203 e. The molecule has 2 aromatic carbocycles. The van der Waals surface area contributed by atoms with Gasteiger partial charge < -0.3 is 23.7 Å². The average Bonchev–Trinajstić information content (AvgIpc) is 2.80. The fourth-order valence-electron chi connectivity index (χ4n) is 3.71. The standard InChI is InChI=1S/C25H28O6/c1-27-20-10-9-16(13-21(20)28-2)11-18-7-6-8-19(24(18)26)12-17-14-22(29-3)25(31-5)23(15-17)30-4/h9-15H,6-8H2,1-5H3/b18-11+,19-12+. The number of allylic oxidation sites excluding steroid dienone is 2. The van der Waals surface area contributed by atoms with Crippen LogP contribution in [-0.4, -0.2) is 41.3 Å². The second kappa shape index (κ2) is 10.1. The highest BCUT2D eigenvalue weighted by Crippen LogP contribution is 2.39. The summed E-state index contributed by atoms with van der Waals surface area (Å²) in [4.78, 5) is 13.2. The lowest BCUT2D eigenvalue weighted by molar-refractivity contribution is -0.112. The molecule has 0 N–H and O–H groups in total. The summed E-state index contributed by atoms with van der Waals surface area (Å²) in [6, 6.07) is 9.31. The number of Topliss-reactive ketones (excluding diaryl/α,β-unsaturated/α-hetero) is 1. The molecule has 0 aromatic heterocycles. The van der Waals surface area contributed by atoms with Crippen molar-refractivity contribution in [2.24, 2.45) is 0 Å². The summed E-state index contributed by atoms with van der Waals surface area (Å²) in [7, 11) is 7.90. The molecule has 0 heterocycles. The van der Waals surface area contributed by atoms with Crippen LogP contribution in [0.4, 0.5) is 0 Å². The van der Waals surface area contributed by atoms with E-state index in [1.54, 1.807) is 35.5 Å². The van der Waals surface area contributed by atoms with Crippen LogP contribution in [0.25, 0.3) is 12.2 Å². The molecule has 0 radical (unpaired) electrons. The van der Waals surface area contributed by atoms with Crippen molar-refractivity contribution in [1.29, 1.82) is 0 Å². The van der Waals surface area contributed by atoms with Crippen molar-refractivity contribution in [3.63, 3.8) is 0 Å². The molecule has 1 aliphatic carbocycles. The number of hydrogen-bond donors (Lipinski definition) is 0. The van der Waals surface area contributed by atoms with Crippen LogP contribution < -0.4 is 23.7 Å². The molecule has 1 aliphatic rings. The first-order valence-electron chi connectivity index (χ1n) is 10.0. The molecule has 0 saturated heterocycles. The number of rotatable bonds is 7. The Labute approximate surface area is 183 Å². The van der Waals surface area contributed by atoms with Crippen molar-refractivity contribution in [2.45, 2.75) is 19.3 Å². The zero-order valence-corrected chi connectivity index (χ0v) is 18.6. The first kappa shape index (κ1) is 22.3. The number of carbonyl (C=O) groups excluding carboxylic acids is 1. The number of benzene rings is 2. The van der Waals surface area contributed by atoms with Gasteiger partial charge in [0.1, 0.15) is 0 Å². The number of carbonyl (C=O) groups is 1. The average molecular weight is 424 g/mol. The van der Waals surface area contributed by atoms with Gasteiger partial charge in [-0.3, -0.25) is 4.79 Å². The van der Waals surface area contributed by atoms with Crippen LogP contribution in [-0.2, 0) is 4.79 Å². The molecule has 31 heavy (non-hydrogen) atoms. The zero-order valence-electron chi connectivity index (χ0n) is 18.6. The summed E-state index contributed by atoms with van der Waals surface area (Å²) in [5, 5.41) is 0. The molecule has 0 unspecified atom stereocenters. The van der Waals surface area contributed by atoms with E-state index in [1.807, 2.05) is 42.5 Å². The quantitative estimate of drug-likeness (QED) is 0.586. The molecule has 0 atom stereocenters. The summed E-state index contributed by atoms with van der Waals surface area (Å²) in [5.74, 6) is 2.97. The smallest absolute Gasteiger partial charge is 0.203 e.